The Balaban J connectivity index is 1.61. The van der Waals surface area contributed by atoms with Gasteiger partial charge in [-0.25, -0.2) is 4.39 Å². The number of hydrogen-bond donors (Lipinski definition) is 1. The quantitative estimate of drug-likeness (QED) is 0.632. The van der Waals surface area contributed by atoms with Crippen LogP contribution in [-0.2, 0) is 24.8 Å². The third-order valence-corrected chi connectivity index (χ3v) is 4.61. The number of nitrogens with one attached hydrogen (secondary N) is 1. The Morgan fingerprint density at radius 3 is 2.55 bits per heavy atom. The Bertz CT molecular complexity index is 983. The largest absolute Gasteiger partial charge is 0.497 e. The number of carbonyl (C=O) groups excluding carboxylic acids is 1. The standard InChI is InChI=1S/C22H24FN3O3/c1-26-14-17(22(25-26)15-4-8-18(23)9-5-15)7-11-21(27)24-13-16-6-10-19(28-2)12-20(16)29-3/h4-6,8-10,12,14H,7,11,13H2,1-3H3,(H,24,27). The average Bonchev–Trinajstić information content (AvgIpc) is 3.11. The highest BCUT2D eigenvalue weighted by Crippen LogP contribution is 2.25. The zero-order chi connectivity index (χ0) is 20.8. The van der Waals surface area contributed by atoms with E-state index in [9.17, 15) is 9.18 Å². The molecule has 0 aliphatic heterocycles. The molecule has 1 aromatic heterocycles. The zero-order valence-electron chi connectivity index (χ0n) is 16.7. The molecule has 0 spiro atoms. The minimum Gasteiger partial charge on any atom is -0.497 e. The van der Waals surface area contributed by atoms with E-state index in [1.807, 2.05) is 25.4 Å². The fraction of sp³-hybridized carbons (Fsp3) is 0.273. The van der Waals surface area contributed by atoms with E-state index >= 15 is 0 Å². The predicted molar refractivity (Wildman–Crippen MR) is 108 cm³/mol. The topological polar surface area (TPSA) is 65.4 Å². The first-order valence-corrected chi connectivity index (χ1v) is 9.26. The number of ether oxygens (including phenoxy) is 2. The summed E-state index contributed by atoms with van der Waals surface area (Å²) >= 11 is 0. The molecule has 7 heteroatoms. The molecule has 0 radical (unpaired) electrons. The summed E-state index contributed by atoms with van der Waals surface area (Å²) in [4.78, 5) is 12.4. The normalized spacial score (nSPS) is 10.6. The molecule has 152 valence electrons. The van der Waals surface area contributed by atoms with Crippen molar-refractivity contribution < 1.29 is 18.7 Å². The van der Waals surface area contributed by atoms with Gasteiger partial charge in [0.05, 0.1) is 19.9 Å². The highest BCUT2D eigenvalue weighted by Gasteiger charge is 2.13. The fourth-order valence-corrected chi connectivity index (χ4v) is 3.10. The Morgan fingerprint density at radius 2 is 1.86 bits per heavy atom. The summed E-state index contributed by atoms with van der Waals surface area (Å²) in [5, 5.41) is 7.37. The third kappa shape index (κ3) is 5.13. The van der Waals surface area contributed by atoms with Gasteiger partial charge in [-0.1, -0.05) is 0 Å². The summed E-state index contributed by atoms with van der Waals surface area (Å²) in [7, 11) is 5.00. The van der Waals surface area contributed by atoms with Gasteiger partial charge in [-0.05, 0) is 48.4 Å². The molecule has 0 aliphatic carbocycles. The number of aryl methyl sites for hydroxylation is 2. The van der Waals surface area contributed by atoms with E-state index in [1.165, 1.54) is 12.1 Å². The summed E-state index contributed by atoms with van der Waals surface area (Å²) in [5.41, 5.74) is 3.40. The maximum absolute atomic E-state index is 13.2. The number of carbonyl (C=O) groups is 1. The van der Waals surface area contributed by atoms with Gasteiger partial charge in [0.25, 0.3) is 0 Å². The fourth-order valence-electron chi connectivity index (χ4n) is 3.10. The molecule has 1 heterocycles. The lowest BCUT2D eigenvalue weighted by molar-refractivity contribution is -0.121. The zero-order valence-corrected chi connectivity index (χ0v) is 16.7. The smallest absolute Gasteiger partial charge is 0.220 e. The molecule has 1 N–H and O–H groups in total. The first kappa shape index (κ1) is 20.4. The van der Waals surface area contributed by atoms with Gasteiger partial charge in [0.2, 0.25) is 5.91 Å². The van der Waals surface area contributed by atoms with Crippen LogP contribution in [0.25, 0.3) is 11.3 Å². The van der Waals surface area contributed by atoms with Crippen LogP contribution in [0.5, 0.6) is 11.5 Å². The van der Waals surface area contributed by atoms with Crippen molar-refractivity contribution in [1.82, 2.24) is 15.1 Å². The summed E-state index contributed by atoms with van der Waals surface area (Å²) in [6.45, 7) is 0.365. The number of halogens is 1. The number of methoxy groups -OCH3 is 2. The Morgan fingerprint density at radius 1 is 1.10 bits per heavy atom. The molecule has 29 heavy (non-hydrogen) atoms. The maximum atomic E-state index is 13.2. The average molecular weight is 397 g/mol. The highest BCUT2D eigenvalue weighted by molar-refractivity contribution is 5.76. The van der Waals surface area contributed by atoms with Gasteiger partial charge in [0.15, 0.2) is 0 Å². The highest BCUT2D eigenvalue weighted by atomic mass is 19.1. The third-order valence-electron chi connectivity index (χ3n) is 4.61. The SMILES string of the molecule is COc1ccc(CNC(=O)CCc2cn(C)nc2-c2ccc(F)cc2)c(OC)c1. The van der Waals surface area contributed by atoms with Crippen molar-refractivity contribution >= 4 is 5.91 Å². The molecular weight excluding hydrogens is 373 g/mol. The number of aromatic nitrogens is 2. The van der Waals surface area contributed by atoms with E-state index in [0.29, 0.717) is 30.9 Å². The lowest BCUT2D eigenvalue weighted by Gasteiger charge is -2.11. The van der Waals surface area contributed by atoms with Crippen LogP contribution in [0.1, 0.15) is 17.5 Å². The van der Waals surface area contributed by atoms with Gasteiger partial charge >= 0.3 is 0 Å². The summed E-state index contributed by atoms with van der Waals surface area (Å²) in [6, 6.07) is 11.7. The van der Waals surface area contributed by atoms with Crippen molar-refractivity contribution in [2.45, 2.75) is 19.4 Å². The van der Waals surface area contributed by atoms with Crippen LogP contribution >= 0.6 is 0 Å². The minimum absolute atomic E-state index is 0.0724. The van der Waals surface area contributed by atoms with Gasteiger partial charge < -0.3 is 14.8 Å². The molecular formula is C22H24FN3O3. The summed E-state index contributed by atoms with van der Waals surface area (Å²) < 4.78 is 25.4. The Hall–Kier alpha value is -3.35. The van der Waals surface area contributed by atoms with E-state index in [1.54, 1.807) is 37.1 Å². The predicted octanol–water partition coefficient (Wildman–Crippen LogP) is 3.49. The van der Waals surface area contributed by atoms with Gasteiger partial charge in [0.1, 0.15) is 17.3 Å². The number of amides is 1. The molecule has 0 saturated carbocycles. The van der Waals surface area contributed by atoms with Crippen LogP contribution in [0.15, 0.2) is 48.7 Å². The van der Waals surface area contributed by atoms with Gasteiger partial charge in [-0.3, -0.25) is 9.48 Å². The lowest BCUT2D eigenvalue weighted by atomic mass is 10.0. The Labute approximate surface area is 169 Å². The molecule has 3 aromatic rings. The van der Waals surface area contributed by atoms with Crippen LogP contribution in [-0.4, -0.2) is 29.9 Å². The minimum atomic E-state index is -0.292. The van der Waals surface area contributed by atoms with Crippen molar-refractivity contribution in [3.63, 3.8) is 0 Å². The summed E-state index contributed by atoms with van der Waals surface area (Å²) in [6.07, 6.45) is 2.74. The summed E-state index contributed by atoms with van der Waals surface area (Å²) in [5.74, 6) is 0.994. The number of benzene rings is 2. The van der Waals surface area contributed by atoms with Gasteiger partial charge in [-0.15, -0.1) is 0 Å². The first-order chi connectivity index (χ1) is 14.0. The molecule has 2 aromatic carbocycles. The van der Waals surface area contributed by atoms with E-state index in [2.05, 4.69) is 10.4 Å². The van der Waals surface area contributed by atoms with Crippen LogP contribution in [0.3, 0.4) is 0 Å². The lowest BCUT2D eigenvalue weighted by Crippen LogP contribution is -2.23. The molecule has 0 bridgehead atoms. The molecule has 0 atom stereocenters. The van der Waals surface area contributed by atoms with E-state index < -0.39 is 0 Å². The van der Waals surface area contributed by atoms with E-state index in [-0.39, 0.29) is 11.7 Å². The molecule has 3 rings (SSSR count). The van der Waals surface area contributed by atoms with Crippen LogP contribution < -0.4 is 14.8 Å². The van der Waals surface area contributed by atoms with Gasteiger partial charge in [0, 0.05) is 43.4 Å². The second kappa shape index (κ2) is 9.23. The number of hydrogen-bond acceptors (Lipinski definition) is 4. The van der Waals surface area contributed by atoms with E-state index in [4.69, 9.17) is 9.47 Å². The first-order valence-electron chi connectivity index (χ1n) is 9.26. The van der Waals surface area contributed by atoms with E-state index in [0.717, 1.165) is 22.4 Å². The van der Waals surface area contributed by atoms with Crippen molar-refractivity contribution in [2.75, 3.05) is 14.2 Å². The number of rotatable bonds is 8. The van der Waals surface area contributed by atoms with Gasteiger partial charge in [-0.2, -0.15) is 5.10 Å². The molecule has 0 fully saturated rings. The monoisotopic (exact) mass is 397 g/mol. The van der Waals surface area contributed by atoms with Crippen LogP contribution in [0, 0.1) is 5.82 Å². The molecule has 0 aliphatic rings. The maximum Gasteiger partial charge on any atom is 0.220 e. The molecule has 0 saturated heterocycles. The van der Waals surface area contributed by atoms with Crippen molar-refractivity contribution in [2.24, 2.45) is 7.05 Å². The van der Waals surface area contributed by atoms with Crippen molar-refractivity contribution in [3.8, 4) is 22.8 Å². The molecule has 0 unspecified atom stereocenters. The second-order valence-corrected chi connectivity index (χ2v) is 6.64. The molecule has 6 nitrogen and oxygen atoms in total. The van der Waals surface area contributed by atoms with Crippen molar-refractivity contribution in [1.29, 1.82) is 0 Å². The van der Waals surface area contributed by atoms with Crippen molar-refractivity contribution in [3.05, 3.63) is 65.6 Å². The molecule has 1 amide bonds. The van der Waals surface area contributed by atoms with Crippen LogP contribution in [0.4, 0.5) is 4.39 Å². The van der Waals surface area contributed by atoms with Crippen LogP contribution in [0.2, 0.25) is 0 Å². The Kier molecular flexibility index (Phi) is 6.49. The second-order valence-electron chi connectivity index (χ2n) is 6.64. The number of nitrogens with zero attached hydrogens (tertiary/aromatic N) is 2.